The highest BCUT2D eigenvalue weighted by atomic mass is 16.6. The third-order valence-corrected chi connectivity index (χ3v) is 2.59. The standard InChI is InChI=1S/C10H19N3O4/c1-11-9(15)8-12-2-4-13(5-3-12)10(16)17-7-6-14/h14H,2-8H2,1H3,(H,11,15). The highest BCUT2D eigenvalue weighted by molar-refractivity contribution is 5.77. The van der Waals surface area contributed by atoms with E-state index in [9.17, 15) is 9.59 Å². The van der Waals surface area contributed by atoms with Crippen LogP contribution < -0.4 is 5.32 Å². The van der Waals surface area contributed by atoms with Crippen molar-refractivity contribution in [2.75, 3.05) is 53.0 Å². The Morgan fingerprint density at radius 1 is 1.29 bits per heavy atom. The van der Waals surface area contributed by atoms with Crippen molar-refractivity contribution in [2.45, 2.75) is 0 Å². The Hall–Kier alpha value is -1.34. The number of hydrogen-bond acceptors (Lipinski definition) is 5. The summed E-state index contributed by atoms with van der Waals surface area (Å²) >= 11 is 0. The summed E-state index contributed by atoms with van der Waals surface area (Å²) < 4.78 is 4.81. The third kappa shape index (κ3) is 4.58. The first kappa shape index (κ1) is 13.7. The number of carbonyl (C=O) groups excluding carboxylic acids is 2. The molecule has 7 heteroatoms. The summed E-state index contributed by atoms with van der Waals surface area (Å²) in [7, 11) is 1.60. The van der Waals surface area contributed by atoms with Crippen LogP contribution in [0.4, 0.5) is 4.79 Å². The second-order valence-electron chi connectivity index (χ2n) is 3.77. The molecule has 1 aliphatic rings. The van der Waals surface area contributed by atoms with Crippen molar-refractivity contribution < 1.29 is 19.4 Å². The molecule has 0 aromatic rings. The van der Waals surface area contributed by atoms with Gasteiger partial charge in [0.05, 0.1) is 13.2 Å². The molecule has 1 fully saturated rings. The zero-order chi connectivity index (χ0) is 12.7. The molecule has 2 amide bonds. The molecule has 0 aliphatic carbocycles. The van der Waals surface area contributed by atoms with Crippen LogP contribution >= 0.6 is 0 Å². The zero-order valence-electron chi connectivity index (χ0n) is 10.0. The van der Waals surface area contributed by atoms with Crippen LogP contribution in [-0.2, 0) is 9.53 Å². The lowest BCUT2D eigenvalue weighted by molar-refractivity contribution is -0.122. The molecule has 1 rings (SSSR count). The largest absolute Gasteiger partial charge is 0.447 e. The van der Waals surface area contributed by atoms with E-state index in [4.69, 9.17) is 9.84 Å². The first-order valence-corrected chi connectivity index (χ1v) is 5.63. The maximum absolute atomic E-state index is 11.4. The van der Waals surface area contributed by atoms with Crippen LogP contribution in [0.3, 0.4) is 0 Å². The molecule has 1 aliphatic heterocycles. The molecule has 0 unspecified atom stereocenters. The van der Waals surface area contributed by atoms with Crippen LogP contribution in [0.15, 0.2) is 0 Å². The summed E-state index contributed by atoms with van der Waals surface area (Å²) in [5.74, 6) is -0.0266. The Balaban J connectivity index is 2.25. The fraction of sp³-hybridized carbons (Fsp3) is 0.800. The monoisotopic (exact) mass is 245 g/mol. The molecule has 0 aromatic heterocycles. The van der Waals surface area contributed by atoms with Gasteiger partial charge in [-0.1, -0.05) is 0 Å². The predicted molar refractivity (Wildman–Crippen MR) is 60.5 cm³/mol. The molecule has 0 radical (unpaired) electrons. The van der Waals surface area contributed by atoms with Crippen molar-refractivity contribution in [3.05, 3.63) is 0 Å². The minimum Gasteiger partial charge on any atom is -0.447 e. The maximum Gasteiger partial charge on any atom is 0.409 e. The lowest BCUT2D eigenvalue weighted by atomic mass is 10.3. The van der Waals surface area contributed by atoms with Crippen molar-refractivity contribution in [3.8, 4) is 0 Å². The fourth-order valence-electron chi connectivity index (χ4n) is 1.59. The van der Waals surface area contributed by atoms with Crippen molar-refractivity contribution >= 4 is 12.0 Å². The van der Waals surface area contributed by atoms with Gasteiger partial charge in [-0.15, -0.1) is 0 Å². The quantitative estimate of drug-likeness (QED) is 0.628. The molecule has 17 heavy (non-hydrogen) atoms. The van der Waals surface area contributed by atoms with Gasteiger partial charge in [0, 0.05) is 33.2 Å². The molecule has 0 bridgehead atoms. The highest BCUT2D eigenvalue weighted by Gasteiger charge is 2.22. The number of carbonyl (C=O) groups is 2. The number of rotatable bonds is 4. The van der Waals surface area contributed by atoms with Crippen LogP contribution in [0.2, 0.25) is 0 Å². The van der Waals surface area contributed by atoms with E-state index < -0.39 is 6.09 Å². The number of ether oxygens (including phenoxy) is 1. The Morgan fingerprint density at radius 3 is 2.47 bits per heavy atom. The van der Waals surface area contributed by atoms with E-state index >= 15 is 0 Å². The van der Waals surface area contributed by atoms with Gasteiger partial charge in [-0.25, -0.2) is 4.79 Å². The topological polar surface area (TPSA) is 82.1 Å². The molecule has 1 saturated heterocycles. The summed E-state index contributed by atoms with van der Waals surface area (Å²) in [5.41, 5.74) is 0. The lowest BCUT2D eigenvalue weighted by Gasteiger charge is -2.33. The van der Waals surface area contributed by atoms with Gasteiger partial charge in [-0.2, -0.15) is 0 Å². The highest BCUT2D eigenvalue weighted by Crippen LogP contribution is 2.03. The SMILES string of the molecule is CNC(=O)CN1CCN(C(=O)OCCO)CC1. The second kappa shape index (κ2) is 7.08. The summed E-state index contributed by atoms with van der Waals surface area (Å²) in [6, 6.07) is 0. The summed E-state index contributed by atoms with van der Waals surface area (Å²) in [4.78, 5) is 26.1. The number of nitrogens with one attached hydrogen (secondary N) is 1. The predicted octanol–water partition coefficient (Wildman–Crippen LogP) is -1.52. The number of nitrogens with zero attached hydrogens (tertiary/aromatic N) is 2. The first-order chi connectivity index (χ1) is 8.17. The van der Waals surface area contributed by atoms with Crippen molar-refractivity contribution in [2.24, 2.45) is 0 Å². The molecule has 0 spiro atoms. The number of hydrogen-bond donors (Lipinski definition) is 2. The minimum atomic E-state index is -0.404. The average Bonchev–Trinajstić information content (AvgIpc) is 2.36. The van der Waals surface area contributed by atoms with Crippen LogP contribution in [0, 0.1) is 0 Å². The maximum atomic E-state index is 11.4. The van der Waals surface area contributed by atoms with Crippen molar-refractivity contribution in [3.63, 3.8) is 0 Å². The van der Waals surface area contributed by atoms with E-state index in [0.29, 0.717) is 32.7 Å². The van der Waals surface area contributed by atoms with E-state index in [1.165, 1.54) is 0 Å². The molecular weight excluding hydrogens is 226 g/mol. The van der Waals surface area contributed by atoms with Crippen LogP contribution in [0.1, 0.15) is 0 Å². The summed E-state index contributed by atoms with van der Waals surface area (Å²) in [6.45, 7) is 2.61. The number of aliphatic hydroxyl groups is 1. The molecular formula is C10H19N3O4. The van der Waals surface area contributed by atoms with E-state index in [1.807, 2.05) is 4.90 Å². The second-order valence-corrected chi connectivity index (χ2v) is 3.77. The number of amides is 2. The van der Waals surface area contributed by atoms with Crippen LogP contribution in [0.5, 0.6) is 0 Å². The van der Waals surface area contributed by atoms with E-state index in [-0.39, 0.29) is 19.1 Å². The van der Waals surface area contributed by atoms with Crippen LogP contribution in [0.25, 0.3) is 0 Å². The number of aliphatic hydroxyl groups excluding tert-OH is 1. The normalized spacial score (nSPS) is 16.7. The summed E-state index contributed by atoms with van der Waals surface area (Å²) in [5, 5.41) is 11.1. The molecule has 0 saturated carbocycles. The van der Waals surface area contributed by atoms with Gasteiger partial charge in [0.15, 0.2) is 0 Å². The van der Waals surface area contributed by atoms with E-state index in [1.54, 1.807) is 11.9 Å². The van der Waals surface area contributed by atoms with Gasteiger partial charge < -0.3 is 20.1 Å². The fourth-order valence-corrected chi connectivity index (χ4v) is 1.59. The molecule has 0 atom stereocenters. The minimum absolute atomic E-state index is 0.0251. The van der Waals surface area contributed by atoms with Gasteiger partial charge in [0.1, 0.15) is 6.61 Å². The Morgan fingerprint density at radius 2 is 1.94 bits per heavy atom. The van der Waals surface area contributed by atoms with Gasteiger partial charge in [-0.3, -0.25) is 9.69 Å². The number of likely N-dealkylation sites (N-methyl/N-ethyl adjacent to an activating group) is 1. The number of piperazine rings is 1. The van der Waals surface area contributed by atoms with Gasteiger partial charge in [0.25, 0.3) is 0 Å². The summed E-state index contributed by atoms with van der Waals surface area (Å²) in [6.07, 6.45) is -0.404. The van der Waals surface area contributed by atoms with Gasteiger partial charge in [0.2, 0.25) is 5.91 Å². The Labute approximate surface area is 100 Å². The van der Waals surface area contributed by atoms with Gasteiger partial charge in [-0.05, 0) is 0 Å². The molecule has 98 valence electrons. The van der Waals surface area contributed by atoms with Crippen molar-refractivity contribution in [1.82, 2.24) is 15.1 Å². The first-order valence-electron chi connectivity index (χ1n) is 5.63. The average molecular weight is 245 g/mol. The van der Waals surface area contributed by atoms with Gasteiger partial charge >= 0.3 is 6.09 Å². The zero-order valence-corrected chi connectivity index (χ0v) is 10.0. The van der Waals surface area contributed by atoms with Crippen molar-refractivity contribution in [1.29, 1.82) is 0 Å². The third-order valence-electron chi connectivity index (χ3n) is 2.59. The van der Waals surface area contributed by atoms with E-state index in [2.05, 4.69) is 5.32 Å². The smallest absolute Gasteiger partial charge is 0.409 e. The molecule has 0 aromatic carbocycles. The van der Waals surface area contributed by atoms with E-state index in [0.717, 1.165) is 0 Å². The lowest BCUT2D eigenvalue weighted by Crippen LogP contribution is -2.51. The Bertz CT molecular complexity index is 264. The molecule has 1 heterocycles. The molecule has 7 nitrogen and oxygen atoms in total. The molecule has 2 N–H and O–H groups in total. The Kier molecular flexibility index (Phi) is 5.71. The van der Waals surface area contributed by atoms with Crippen LogP contribution in [-0.4, -0.2) is 79.9 Å².